The number of fused-ring (bicyclic) bond motifs is 1. The lowest BCUT2D eigenvalue weighted by Gasteiger charge is -2.03. The average Bonchev–Trinajstić information content (AvgIpc) is 2.49. The molecule has 0 radical (unpaired) electrons. The van der Waals surface area contributed by atoms with Crippen LogP contribution in [0.2, 0.25) is 0 Å². The van der Waals surface area contributed by atoms with Gasteiger partial charge in [-0.05, 0) is 24.6 Å². The van der Waals surface area contributed by atoms with E-state index in [1.165, 1.54) is 0 Å². The summed E-state index contributed by atoms with van der Waals surface area (Å²) in [6, 6.07) is 3.96. The predicted molar refractivity (Wildman–Crippen MR) is 45.6 cm³/mol. The topological polar surface area (TPSA) is 56.2 Å². The molecule has 0 fully saturated rings. The Labute approximate surface area is 70.0 Å². The van der Waals surface area contributed by atoms with Gasteiger partial charge in [0.15, 0.2) is 5.65 Å². The molecule has 62 valence electrons. The number of nitrogens with two attached hydrogens (primary N) is 1. The molecule has 0 aliphatic heterocycles. The van der Waals surface area contributed by atoms with Crippen molar-refractivity contribution in [2.45, 2.75) is 13.0 Å². The van der Waals surface area contributed by atoms with Crippen molar-refractivity contribution in [2.75, 3.05) is 0 Å². The van der Waals surface area contributed by atoms with Crippen LogP contribution in [0.3, 0.4) is 0 Å². The zero-order valence-electron chi connectivity index (χ0n) is 6.81. The highest BCUT2D eigenvalue weighted by Crippen LogP contribution is 2.10. The van der Waals surface area contributed by atoms with Crippen LogP contribution in [0.15, 0.2) is 24.7 Å². The molecule has 0 spiro atoms. The summed E-state index contributed by atoms with van der Waals surface area (Å²) in [6.07, 6.45) is 3.58. The molecule has 0 aromatic carbocycles. The van der Waals surface area contributed by atoms with E-state index in [0.717, 1.165) is 11.2 Å². The number of rotatable bonds is 1. The van der Waals surface area contributed by atoms with E-state index in [-0.39, 0.29) is 6.04 Å². The highest BCUT2D eigenvalue weighted by molar-refractivity contribution is 5.40. The first-order valence-electron chi connectivity index (χ1n) is 3.82. The van der Waals surface area contributed by atoms with Crippen LogP contribution in [0.5, 0.6) is 0 Å². The van der Waals surface area contributed by atoms with E-state index in [1.54, 1.807) is 6.33 Å². The number of aromatic nitrogens is 3. The van der Waals surface area contributed by atoms with Gasteiger partial charge in [0.1, 0.15) is 6.33 Å². The van der Waals surface area contributed by atoms with E-state index in [2.05, 4.69) is 10.2 Å². The van der Waals surface area contributed by atoms with Crippen molar-refractivity contribution in [3.8, 4) is 0 Å². The minimum Gasteiger partial charge on any atom is -0.324 e. The molecule has 2 heterocycles. The zero-order chi connectivity index (χ0) is 8.55. The maximum atomic E-state index is 5.72. The third-order valence-corrected chi connectivity index (χ3v) is 1.85. The fourth-order valence-corrected chi connectivity index (χ4v) is 1.12. The summed E-state index contributed by atoms with van der Waals surface area (Å²) in [6.45, 7) is 1.95. The van der Waals surface area contributed by atoms with Gasteiger partial charge in [-0.1, -0.05) is 0 Å². The van der Waals surface area contributed by atoms with Crippen molar-refractivity contribution in [3.05, 3.63) is 30.2 Å². The van der Waals surface area contributed by atoms with Crippen molar-refractivity contribution in [1.29, 1.82) is 0 Å². The van der Waals surface area contributed by atoms with Gasteiger partial charge >= 0.3 is 0 Å². The molecule has 4 heteroatoms. The molecule has 0 aliphatic carbocycles. The highest BCUT2D eigenvalue weighted by Gasteiger charge is 2.00. The first kappa shape index (κ1) is 7.24. The second-order valence-corrected chi connectivity index (χ2v) is 2.85. The summed E-state index contributed by atoms with van der Waals surface area (Å²) in [5.41, 5.74) is 7.63. The van der Waals surface area contributed by atoms with Crippen LogP contribution in [-0.4, -0.2) is 14.6 Å². The molecule has 4 nitrogen and oxygen atoms in total. The molecule has 0 saturated heterocycles. The van der Waals surface area contributed by atoms with Gasteiger partial charge in [0.05, 0.1) is 0 Å². The summed E-state index contributed by atoms with van der Waals surface area (Å²) in [7, 11) is 0. The monoisotopic (exact) mass is 162 g/mol. The quantitative estimate of drug-likeness (QED) is 0.673. The van der Waals surface area contributed by atoms with Crippen LogP contribution in [0, 0.1) is 0 Å². The van der Waals surface area contributed by atoms with E-state index < -0.39 is 0 Å². The molecule has 2 N–H and O–H groups in total. The Bertz CT molecular complexity index is 391. The lowest BCUT2D eigenvalue weighted by atomic mass is 10.1. The maximum absolute atomic E-state index is 5.72. The van der Waals surface area contributed by atoms with E-state index in [9.17, 15) is 0 Å². The largest absolute Gasteiger partial charge is 0.324 e. The standard InChI is InChI=1S/C8H10N4/c1-6(9)7-2-3-12-5-10-11-8(12)4-7/h2-6H,9H2,1H3. The van der Waals surface area contributed by atoms with Crippen molar-refractivity contribution in [2.24, 2.45) is 5.73 Å². The Morgan fingerprint density at radius 2 is 2.42 bits per heavy atom. The number of hydrogen-bond donors (Lipinski definition) is 1. The second kappa shape index (κ2) is 2.57. The molecule has 2 aromatic rings. The fourth-order valence-electron chi connectivity index (χ4n) is 1.12. The number of hydrogen-bond acceptors (Lipinski definition) is 3. The van der Waals surface area contributed by atoms with Gasteiger partial charge < -0.3 is 5.73 Å². The zero-order valence-corrected chi connectivity index (χ0v) is 6.81. The first-order chi connectivity index (χ1) is 5.77. The molecule has 0 bridgehead atoms. The van der Waals surface area contributed by atoms with E-state index in [4.69, 9.17) is 5.73 Å². The van der Waals surface area contributed by atoms with Crippen LogP contribution in [-0.2, 0) is 0 Å². The van der Waals surface area contributed by atoms with Crippen LogP contribution >= 0.6 is 0 Å². The van der Waals surface area contributed by atoms with Crippen LogP contribution in [0.4, 0.5) is 0 Å². The van der Waals surface area contributed by atoms with Gasteiger partial charge in [-0.25, -0.2) is 0 Å². The molecule has 1 unspecified atom stereocenters. The number of pyridine rings is 1. The summed E-state index contributed by atoms with van der Waals surface area (Å²) in [5, 5.41) is 7.69. The molecule has 1 atom stereocenters. The van der Waals surface area contributed by atoms with Crippen LogP contribution in [0.25, 0.3) is 5.65 Å². The van der Waals surface area contributed by atoms with Crippen molar-refractivity contribution in [1.82, 2.24) is 14.6 Å². The Morgan fingerprint density at radius 1 is 1.58 bits per heavy atom. The second-order valence-electron chi connectivity index (χ2n) is 2.85. The lowest BCUT2D eigenvalue weighted by molar-refractivity contribution is 0.815. The first-order valence-corrected chi connectivity index (χ1v) is 3.82. The fraction of sp³-hybridized carbons (Fsp3) is 0.250. The molecule has 2 aromatic heterocycles. The number of nitrogens with zero attached hydrogens (tertiary/aromatic N) is 3. The average molecular weight is 162 g/mol. The Hall–Kier alpha value is -1.42. The summed E-state index contributed by atoms with van der Waals surface area (Å²) < 4.78 is 1.85. The Morgan fingerprint density at radius 3 is 3.17 bits per heavy atom. The molecule has 12 heavy (non-hydrogen) atoms. The van der Waals surface area contributed by atoms with Gasteiger partial charge in [-0.2, -0.15) is 0 Å². The molecule has 0 amide bonds. The lowest BCUT2D eigenvalue weighted by Crippen LogP contribution is -2.05. The summed E-state index contributed by atoms with van der Waals surface area (Å²) >= 11 is 0. The van der Waals surface area contributed by atoms with Gasteiger partial charge in [0, 0.05) is 12.2 Å². The third kappa shape index (κ3) is 1.06. The molecule has 0 saturated carbocycles. The van der Waals surface area contributed by atoms with E-state index in [0.29, 0.717) is 0 Å². The SMILES string of the molecule is CC(N)c1ccn2cnnc2c1. The molecule has 2 rings (SSSR count). The minimum atomic E-state index is 0.0479. The van der Waals surface area contributed by atoms with Crippen molar-refractivity contribution < 1.29 is 0 Å². The van der Waals surface area contributed by atoms with Gasteiger partial charge in [-0.3, -0.25) is 4.40 Å². The summed E-state index contributed by atoms with van der Waals surface area (Å²) in [5.74, 6) is 0. The normalized spacial score (nSPS) is 13.5. The molecular weight excluding hydrogens is 152 g/mol. The predicted octanol–water partition coefficient (Wildman–Crippen LogP) is 0.749. The smallest absolute Gasteiger partial charge is 0.160 e. The maximum Gasteiger partial charge on any atom is 0.160 e. The van der Waals surface area contributed by atoms with E-state index in [1.807, 2.05) is 29.7 Å². The molecular formula is C8H10N4. The van der Waals surface area contributed by atoms with Crippen LogP contribution < -0.4 is 5.73 Å². The van der Waals surface area contributed by atoms with Crippen LogP contribution in [0.1, 0.15) is 18.5 Å². The van der Waals surface area contributed by atoms with Crippen molar-refractivity contribution >= 4 is 5.65 Å². The molecule has 0 aliphatic rings. The van der Waals surface area contributed by atoms with Gasteiger partial charge in [0.25, 0.3) is 0 Å². The highest BCUT2D eigenvalue weighted by atomic mass is 15.2. The summed E-state index contributed by atoms with van der Waals surface area (Å²) in [4.78, 5) is 0. The Kier molecular flexibility index (Phi) is 1.55. The van der Waals surface area contributed by atoms with Gasteiger partial charge in [0.2, 0.25) is 0 Å². The van der Waals surface area contributed by atoms with Gasteiger partial charge in [-0.15, -0.1) is 10.2 Å². The Balaban J connectivity index is 2.60. The third-order valence-electron chi connectivity index (χ3n) is 1.85. The minimum absolute atomic E-state index is 0.0479. The van der Waals surface area contributed by atoms with Crippen molar-refractivity contribution in [3.63, 3.8) is 0 Å². The van der Waals surface area contributed by atoms with E-state index >= 15 is 0 Å².